The molecular weight excluding hydrogens is 310 g/mol. The fourth-order valence-corrected chi connectivity index (χ4v) is 2.31. The Bertz CT molecular complexity index is 715. The Hall–Kier alpha value is -3.02. The lowest BCUT2D eigenvalue weighted by Crippen LogP contribution is -2.34. The number of carboxylic acids is 1. The van der Waals surface area contributed by atoms with Crippen LogP contribution in [0.2, 0.25) is 0 Å². The van der Waals surface area contributed by atoms with Crippen molar-refractivity contribution in [1.29, 1.82) is 0 Å². The average molecular weight is 329 g/mol. The first-order valence-electron chi connectivity index (χ1n) is 7.33. The summed E-state index contributed by atoms with van der Waals surface area (Å²) in [6.45, 7) is 0. The normalized spacial score (nSPS) is 11.4. The van der Waals surface area contributed by atoms with Crippen LogP contribution >= 0.6 is 0 Å². The number of aliphatic carboxylic acids is 1. The third kappa shape index (κ3) is 4.25. The number of benzene rings is 2. The molecular formula is C18H19NO5. The van der Waals surface area contributed by atoms with E-state index >= 15 is 0 Å². The highest BCUT2D eigenvalue weighted by atomic mass is 16.5. The first-order chi connectivity index (χ1) is 11.5. The largest absolute Gasteiger partial charge is 0.493 e. The highest BCUT2D eigenvalue weighted by molar-refractivity contribution is 5.85. The van der Waals surface area contributed by atoms with Crippen molar-refractivity contribution >= 4 is 11.9 Å². The smallest absolute Gasteiger partial charge is 0.330 e. The summed E-state index contributed by atoms with van der Waals surface area (Å²) in [6, 6.07) is 12.7. The van der Waals surface area contributed by atoms with Gasteiger partial charge in [0.05, 0.1) is 20.6 Å². The third-order valence-electron chi connectivity index (χ3n) is 3.50. The molecule has 6 heteroatoms. The minimum atomic E-state index is -1.17. The zero-order valence-corrected chi connectivity index (χ0v) is 13.5. The van der Waals surface area contributed by atoms with Crippen molar-refractivity contribution in [3.8, 4) is 11.5 Å². The number of hydrogen-bond acceptors (Lipinski definition) is 4. The molecule has 0 radical (unpaired) electrons. The molecule has 0 unspecified atom stereocenters. The van der Waals surface area contributed by atoms with Crippen molar-refractivity contribution in [3.05, 3.63) is 59.7 Å². The molecule has 1 atom stereocenters. The number of ether oxygens (including phenoxy) is 2. The molecule has 0 aliphatic rings. The van der Waals surface area contributed by atoms with Crippen molar-refractivity contribution in [2.24, 2.45) is 0 Å². The number of rotatable bonds is 7. The number of carboxylic acid groups (broad SMARTS) is 1. The van der Waals surface area contributed by atoms with Crippen LogP contribution in [0, 0.1) is 0 Å². The van der Waals surface area contributed by atoms with Gasteiger partial charge < -0.3 is 19.9 Å². The first kappa shape index (κ1) is 17.3. The van der Waals surface area contributed by atoms with Crippen molar-refractivity contribution in [1.82, 2.24) is 5.32 Å². The second-order valence-electron chi connectivity index (χ2n) is 5.12. The van der Waals surface area contributed by atoms with Crippen LogP contribution in [0.3, 0.4) is 0 Å². The van der Waals surface area contributed by atoms with Gasteiger partial charge in [0.2, 0.25) is 5.91 Å². The maximum atomic E-state index is 12.1. The van der Waals surface area contributed by atoms with E-state index in [9.17, 15) is 14.7 Å². The van der Waals surface area contributed by atoms with E-state index in [1.807, 2.05) is 30.3 Å². The fourth-order valence-electron chi connectivity index (χ4n) is 2.31. The molecule has 0 saturated carbocycles. The lowest BCUT2D eigenvalue weighted by molar-refractivity contribution is -0.142. The summed E-state index contributed by atoms with van der Waals surface area (Å²) in [7, 11) is 2.96. The van der Waals surface area contributed by atoms with Gasteiger partial charge in [-0.15, -0.1) is 0 Å². The number of carbonyl (C=O) groups is 2. The average Bonchev–Trinajstić information content (AvgIpc) is 2.59. The van der Waals surface area contributed by atoms with Crippen LogP contribution in [0.25, 0.3) is 0 Å². The van der Waals surface area contributed by atoms with Crippen LogP contribution < -0.4 is 14.8 Å². The summed E-state index contributed by atoms with van der Waals surface area (Å²) in [5.74, 6) is -0.633. The molecule has 126 valence electrons. The molecule has 0 aliphatic heterocycles. The van der Waals surface area contributed by atoms with Crippen molar-refractivity contribution in [2.75, 3.05) is 14.2 Å². The van der Waals surface area contributed by atoms with E-state index in [4.69, 9.17) is 9.47 Å². The number of nitrogens with one attached hydrogen (secondary N) is 1. The quantitative estimate of drug-likeness (QED) is 0.813. The summed E-state index contributed by atoms with van der Waals surface area (Å²) < 4.78 is 10.3. The molecule has 0 aliphatic carbocycles. The predicted octanol–water partition coefficient (Wildman–Crippen LogP) is 2.19. The van der Waals surface area contributed by atoms with E-state index in [0.717, 1.165) is 5.56 Å². The Morgan fingerprint density at radius 1 is 1.04 bits per heavy atom. The Kier molecular flexibility index (Phi) is 5.78. The van der Waals surface area contributed by atoms with Gasteiger partial charge in [0.15, 0.2) is 17.5 Å². The van der Waals surface area contributed by atoms with E-state index in [1.165, 1.54) is 14.2 Å². The van der Waals surface area contributed by atoms with Crippen LogP contribution in [0.1, 0.15) is 17.2 Å². The lowest BCUT2D eigenvalue weighted by atomic mass is 10.1. The molecule has 0 saturated heterocycles. The molecule has 0 aromatic heterocycles. The van der Waals surface area contributed by atoms with Crippen LogP contribution in [0.4, 0.5) is 0 Å². The molecule has 0 heterocycles. The van der Waals surface area contributed by atoms with E-state index in [2.05, 4.69) is 5.32 Å². The fraction of sp³-hybridized carbons (Fsp3) is 0.222. The topological polar surface area (TPSA) is 84.9 Å². The summed E-state index contributed by atoms with van der Waals surface area (Å²) >= 11 is 0. The molecule has 1 amide bonds. The Labute approximate surface area is 140 Å². The van der Waals surface area contributed by atoms with Gasteiger partial charge in [0.1, 0.15) is 0 Å². The summed E-state index contributed by atoms with van der Waals surface area (Å²) in [6.07, 6.45) is 0.109. The van der Waals surface area contributed by atoms with E-state index in [1.54, 1.807) is 18.2 Å². The minimum absolute atomic E-state index is 0.109. The van der Waals surface area contributed by atoms with E-state index in [-0.39, 0.29) is 12.3 Å². The molecule has 2 aromatic carbocycles. The summed E-state index contributed by atoms with van der Waals surface area (Å²) in [4.78, 5) is 23.7. The Morgan fingerprint density at radius 2 is 1.71 bits per heavy atom. The molecule has 0 spiro atoms. The molecule has 2 N–H and O–H groups in total. The van der Waals surface area contributed by atoms with Crippen LogP contribution in [-0.4, -0.2) is 31.2 Å². The van der Waals surface area contributed by atoms with Crippen molar-refractivity contribution in [3.63, 3.8) is 0 Å². The molecule has 0 bridgehead atoms. The standard InChI is InChI=1S/C18H19NO5/c1-23-14-9-8-13(11-15(14)24-2)17(18(21)22)19-16(20)10-12-6-4-3-5-7-12/h3-9,11,17H,10H2,1-2H3,(H,19,20)(H,21,22)/t17-/m1/s1. The predicted molar refractivity (Wildman–Crippen MR) is 88.2 cm³/mol. The molecule has 0 fully saturated rings. The van der Waals surface area contributed by atoms with Gasteiger partial charge in [-0.2, -0.15) is 0 Å². The van der Waals surface area contributed by atoms with E-state index in [0.29, 0.717) is 17.1 Å². The second-order valence-corrected chi connectivity index (χ2v) is 5.12. The highest BCUT2D eigenvalue weighted by Crippen LogP contribution is 2.30. The maximum Gasteiger partial charge on any atom is 0.330 e. The number of carbonyl (C=O) groups excluding carboxylic acids is 1. The second kappa shape index (κ2) is 8.01. The SMILES string of the molecule is COc1ccc([C@@H](NC(=O)Cc2ccccc2)C(=O)O)cc1OC. The first-order valence-corrected chi connectivity index (χ1v) is 7.33. The van der Waals surface area contributed by atoms with Gasteiger partial charge in [-0.1, -0.05) is 36.4 Å². The van der Waals surface area contributed by atoms with Gasteiger partial charge in [-0.3, -0.25) is 4.79 Å². The Morgan fingerprint density at radius 3 is 2.29 bits per heavy atom. The third-order valence-corrected chi connectivity index (χ3v) is 3.50. The number of amides is 1. The highest BCUT2D eigenvalue weighted by Gasteiger charge is 2.23. The van der Waals surface area contributed by atoms with Crippen LogP contribution in [-0.2, 0) is 16.0 Å². The molecule has 24 heavy (non-hydrogen) atoms. The van der Waals surface area contributed by atoms with Gasteiger partial charge in [-0.05, 0) is 23.3 Å². The summed E-state index contributed by atoms with van der Waals surface area (Å²) in [5, 5.41) is 12.0. The van der Waals surface area contributed by atoms with Crippen LogP contribution in [0.15, 0.2) is 48.5 Å². The van der Waals surface area contributed by atoms with Gasteiger partial charge in [-0.25, -0.2) is 4.79 Å². The van der Waals surface area contributed by atoms with E-state index < -0.39 is 12.0 Å². The van der Waals surface area contributed by atoms with Crippen molar-refractivity contribution in [2.45, 2.75) is 12.5 Å². The number of methoxy groups -OCH3 is 2. The zero-order valence-electron chi connectivity index (χ0n) is 13.5. The molecule has 2 aromatic rings. The lowest BCUT2D eigenvalue weighted by Gasteiger charge is -2.17. The zero-order chi connectivity index (χ0) is 17.5. The van der Waals surface area contributed by atoms with Gasteiger partial charge >= 0.3 is 5.97 Å². The van der Waals surface area contributed by atoms with Gasteiger partial charge in [0, 0.05) is 0 Å². The number of hydrogen-bond donors (Lipinski definition) is 2. The minimum Gasteiger partial charge on any atom is -0.493 e. The summed E-state index contributed by atoms with van der Waals surface area (Å²) in [5.41, 5.74) is 1.22. The Balaban J connectivity index is 2.17. The monoisotopic (exact) mass is 329 g/mol. The van der Waals surface area contributed by atoms with Crippen LogP contribution in [0.5, 0.6) is 11.5 Å². The maximum absolute atomic E-state index is 12.1. The molecule has 6 nitrogen and oxygen atoms in total. The molecule has 2 rings (SSSR count). The van der Waals surface area contributed by atoms with Gasteiger partial charge in [0.25, 0.3) is 0 Å². The van der Waals surface area contributed by atoms with Crippen molar-refractivity contribution < 1.29 is 24.2 Å².